The Bertz CT molecular complexity index is 1190. The Morgan fingerprint density at radius 3 is 1.92 bits per heavy atom. The SMILES string of the molecule is COc1cc([C@@H]2OC[C@]3(O)[C@H](c4ccc(O[C@@H]5O[C@H](CO)[C@@H](O)[C@H](O)[C@H]5O)c(OC)c4)OC[C@@]23O)ccc1O. The fourth-order valence-corrected chi connectivity index (χ4v) is 5.39. The van der Waals surface area contributed by atoms with Crippen LogP contribution in [0.1, 0.15) is 23.3 Å². The van der Waals surface area contributed by atoms with E-state index in [1.807, 2.05) is 0 Å². The van der Waals surface area contributed by atoms with Crippen LogP contribution < -0.4 is 14.2 Å². The van der Waals surface area contributed by atoms with Crippen molar-refractivity contribution in [2.24, 2.45) is 0 Å². The zero-order valence-corrected chi connectivity index (χ0v) is 21.2. The van der Waals surface area contributed by atoms with Crippen molar-refractivity contribution in [2.75, 3.05) is 34.0 Å². The average Bonchev–Trinajstić information content (AvgIpc) is 3.35. The molecule has 0 spiro atoms. The molecule has 3 aliphatic rings. The third kappa shape index (κ3) is 4.40. The van der Waals surface area contributed by atoms with Crippen molar-refractivity contribution in [2.45, 2.75) is 54.1 Å². The van der Waals surface area contributed by atoms with Crippen LogP contribution in [-0.4, -0.2) is 112 Å². The van der Waals surface area contributed by atoms with E-state index in [0.717, 1.165) is 0 Å². The lowest BCUT2D eigenvalue weighted by Gasteiger charge is -2.39. The van der Waals surface area contributed by atoms with Gasteiger partial charge in [-0.3, -0.25) is 0 Å². The number of hydrogen-bond donors (Lipinski definition) is 7. The van der Waals surface area contributed by atoms with Crippen LogP contribution in [0.5, 0.6) is 23.0 Å². The summed E-state index contributed by atoms with van der Waals surface area (Å²) in [5.41, 5.74) is -2.78. The summed E-state index contributed by atoms with van der Waals surface area (Å²) in [5, 5.41) is 73.0. The quantitative estimate of drug-likeness (QED) is 0.219. The first kappa shape index (κ1) is 27.8. The molecule has 7 N–H and O–H groups in total. The minimum absolute atomic E-state index is 0.0832. The van der Waals surface area contributed by atoms with Crippen LogP contribution in [0.25, 0.3) is 0 Å². The molecule has 0 unspecified atom stereocenters. The van der Waals surface area contributed by atoms with Crippen molar-refractivity contribution < 1.29 is 64.2 Å². The summed E-state index contributed by atoms with van der Waals surface area (Å²) in [6.07, 6.45) is -9.35. The maximum absolute atomic E-state index is 11.7. The normalized spacial score (nSPS) is 37.9. The Labute approximate surface area is 223 Å². The summed E-state index contributed by atoms with van der Waals surface area (Å²) in [7, 11) is 2.76. The van der Waals surface area contributed by atoms with Gasteiger partial charge in [-0.2, -0.15) is 0 Å². The van der Waals surface area contributed by atoms with Crippen LogP contribution in [0.2, 0.25) is 0 Å². The molecular weight excluding hydrogens is 520 g/mol. The molecule has 0 saturated carbocycles. The van der Waals surface area contributed by atoms with E-state index < -0.39 is 60.7 Å². The zero-order valence-electron chi connectivity index (χ0n) is 21.2. The minimum atomic E-state index is -1.85. The lowest BCUT2D eigenvalue weighted by Crippen LogP contribution is -2.60. The maximum Gasteiger partial charge on any atom is 0.229 e. The highest BCUT2D eigenvalue weighted by Crippen LogP contribution is 2.56. The molecule has 214 valence electrons. The van der Waals surface area contributed by atoms with Gasteiger partial charge in [-0.15, -0.1) is 0 Å². The highest BCUT2D eigenvalue weighted by atomic mass is 16.7. The molecule has 2 aromatic carbocycles. The largest absolute Gasteiger partial charge is 0.504 e. The molecule has 5 rings (SSSR count). The highest BCUT2D eigenvalue weighted by Gasteiger charge is 2.69. The highest BCUT2D eigenvalue weighted by molar-refractivity contribution is 5.47. The van der Waals surface area contributed by atoms with Crippen LogP contribution in [0.3, 0.4) is 0 Å². The molecule has 9 atom stereocenters. The van der Waals surface area contributed by atoms with Crippen molar-refractivity contribution in [3.63, 3.8) is 0 Å². The predicted octanol–water partition coefficient (Wildman–Crippen LogP) is -1.11. The monoisotopic (exact) mass is 552 g/mol. The molecule has 0 aromatic heterocycles. The smallest absolute Gasteiger partial charge is 0.229 e. The summed E-state index contributed by atoms with van der Waals surface area (Å²) in [6.45, 7) is -1.12. The van der Waals surface area contributed by atoms with Crippen LogP contribution in [0.4, 0.5) is 0 Å². The molecule has 39 heavy (non-hydrogen) atoms. The fourth-order valence-electron chi connectivity index (χ4n) is 5.39. The molecule has 3 saturated heterocycles. The third-order valence-corrected chi connectivity index (χ3v) is 7.65. The van der Waals surface area contributed by atoms with Gasteiger partial charge in [0.15, 0.2) is 34.2 Å². The van der Waals surface area contributed by atoms with E-state index in [9.17, 15) is 35.7 Å². The van der Waals surface area contributed by atoms with Gasteiger partial charge < -0.3 is 64.2 Å². The van der Waals surface area contributed by atoms with Gasteiger partial charge in [0.25, 0.3) is 0 Å². The zero-order chi connectivity index (χ0) is 28.1. The first-order chi connectivity index (χ1) is 18.6. The second kappa shape index (κ2) is 10.4. The van der Waals surface area contributed by atoms with E-state index >= 15 is 0 Å². The van der Waals surface area contributed by atoms with E-state index in [2.05, 4.69) is 0 Å². The van der Waals surface area contributed by atoms with Crippen molar-refractivity contribution in [3.05, 3.63) is 47.5 Å². The van der Waals surface area contributed by atoms with E-state index in [-0.39, 0.29) is 36.2 Å². The number of rotatable bonds is 7. The van der Waals surface area contributed by atoms with Crippen LogP contribution >= 0.6 is 0 Å². The molecular formula is C26H32O13. The van der Waals surface area contributed by atoms with Crippen LogP contribution in [-0.2, 0) is 14.2 Å². The van der Waals surface area contributed by atoms with Crippen LogP contribution in [0, 0.1) is 0 Å². The van der Waals surface area contributed by atoms with Crippen molar-refractivity contribution in [3.8, 4) is 23.0 Å². The lowest BCUT2D eigenvalue weighted by atomic mass is 9.77. The molecule has 0 radical (unpaired) electrons. The standard InChI is InChI=1S/C26H32O13/c1-34-16-7-12(3-5-14(16)28)22-25(32)10-37-23(26(25,33)11-36-22)13-4-6-15(17(8-13)35-2)38-24-21(31)20(30)19(29)18(9-27)39-24/h3-8,18-24,27-33H,9-11H2,1-2H3/t18-,19-,20+,21-,22+,23+,24-,25-,26+/m1/s1. The second-order valence-corrected chi connectivity index (χ2v) is 9.89. The van der Waals surface area contributed by atoms with Gasteiger partial charge in [-0.1, -0.05) is 12.1 Å². The number of fused-ring (bicyclic) bond motifs is 1. The second-order valence-electron chi connectivity index (χ2n) is 9.89. The molecule has 3 aliphatic heterocycles. The summed E-state index contributed by atoms with van der Waals surface area (Å²) in [6, 6.07) is 9.04. The Hall–Kier alpha value is -2.72. The fraction of sp³-hybridized carbons (Fsp3) is 0.538. The van der Waals surface area contributed by atoms with Gasteiger partial charge in [0.1, 0.15) is 36.6 Å². The molecule has 3 heterocycles. The van der Waals surface area contributed by atoms with Gasteiger partial charge in [-0.05, 0) is 35.4 Å². The number of aromatic hydroxyl groups is 1. The molecule has 0 aliphatic carbocycles. The van der Waals surface area contributed by atoms with Gasteiger partial charge >= 0.3 is 0 Å². The van der Waals surface area contributed by atoms with Crippen molar-refractivity contribution in [1.29, 1.82) is 0 Å². The topological polar surface area (TPSA) is 197 Å². The van der Waals surface area contributed by atoms with E-state index in [1.54, 1.807) is 12.1 Å². The predicted molar refractivity (Wildman–Crippen MR) is 129 cm³/mol. The molecule has 2 aromatic rings. The summed E-state index contributed by atoms with van der Waals surface area (Å²) >= 11 is 0. The number of aliphatic hydroxyl groups excluding tert-OH is 4. The van der Waals surface area contributed by atoms with Gasteiger partial charge in [0.05, 0.1) is 34.0 Å². The van der Waals surface area contributed by atoms with Gasteiger partial charge in [0, 0.05) is 0 Å². The Kier molecular flexibility index (Phi) is 7.39. The van der Waals surface area contributed by atoms with Gasteiger partial charge in [-0.25, -0.2) is 0 Å². The number of phenols is 1. The Balaban J connectivity index is 1.39. The number of ether oxygens (including phenoxy) is 6. The summed E-state index contributed by atoms with van der Waals surface area (Å²) in [4.78, 5) is 0. The van der Waals surface area contributed by atoms with E-state index in [4.69, 9.17) is 28.4 Å². The first-order valence-electron chi connectivity index (χ1n) is 12.3. The number of benzene rings is 2. The number of aliphatic hydroxyl groups is 6. The molecule has 0 amide bonds. The Morgan fingerprint density at radius 1 is 0.795 bits per heavy atom. The molecule has 13 nitrogen and oxygen atoms in total. The molecule has 13 heteroatoms. The van der Waals surface area contributed by atoms with E-state index in [1.165, 1.54) is 38.5 Å². The third-order valence-electron chi connectivity index (χ3n) is 7.65. The Morgan fingerprint density at radius 2 is 1.36 bits per heavy atom. The number of phenolic OH excluding ortho intramolecular Hbond substituents is 1. The first-order valence-corrected chi connectivity index (χ1v) is 12.3. The maximum atomic E-state index is 11.7. The molecule has 3 fully saturated rings. The van der Waals surface area contributed by atoms with Crippen molar-refractivity contribution in [1.82, 2.24) is 0 Å². The van der Waals surface area contributed by atoms with Gasteiger partial charge in [0.2, 0.25) is 6.29 Å². The average molecular weight is 553 g/mol. The van der Waals surface area contributed by atoms with Crippen molar-refractivity contribution >= 4 is 0 Å². The molecule has 0 bridgehead atoms. The minimum Gasteiger partial charge on any atom is -0.504 e. The van der Waals surface area contributed by atoms with Crippen LogP contribution in [0.15, 0.2) is 36.4 Å². The number of methoxy groups -OCH3 is 2. The lowest BCUT2D eigenvalue weighted by molar-refractivity contribution is -0.277. The number of hydrogen-bond acceptors (Lipinski definition) is 13. The summed E-state index contributed by atoms with van der Waals surface area (Å²) < 4.78 is 33.4. The summed E-state index contributed by atoms with van der Waals surface area (Å²) in [5.74, 6) is 0.360. The van der Waals surface area contributed by atoms with E-state index in [0.29, 0.717) is 11.1 Å².